The Bertz CT molecular complexity index is 537. The van der Waals surface area contributed by atoms with Crippen molar-refractivity contribution in [1.82, 2.24) is 9.55 Å². The van der Waals surface area contributed by atoms with Crippen LogP contribution in [0.4, 0.5) is 5.95 Å². The maximum absolute atomic E-state index is 9.16. The molecule has 0 aliphatic carbocycles. The first kappa shape index (κ1) is 11.9. The van der Waals surface area contributed by atoms with E-state index in [9.17, 15) is 0 Å². The number of anilines is 1. The van der Waals surface area contributed by atoms with Crippen LogP contribution in [0.25, 0.3) is 11.0 Å². The van der Waals surface area contributed by atoms with Gasteiger partial charge in [0.25, 0.3) is 0 Å². The smallest absolute Gasteiger partial charge is 0.423 e. The highest BCUT2D eigenvalue weighted by Crippen LogP contribution is 2.18. The summed E-state index contributed by atoms with van der Waals surface area (Å²) in [6, 6.07) is 5.10. The van der Waals surface area contributed by atoms with E-state index in [-0.39, 0.29) is 0 Å². The van der Waals surface area contributed by atoms with E-state index in [0.717, 1.165) is 17.6 Å². The number of nitrogen functional groups attached to an aromatic ring is 1. The van der Waals surface area contributed by atoms with Crippen LogP contribution in [0.15, 0.2) is 18.2 Å². The van der Waals surface area contributed by atoms with E-state index in [0.29, 0.717) is 17.3 Å². The van der Waals surface area contributed by atoms with E-state index in [1.165, 1.54) is 0 Å². The predicted molar refractivity (Wildman–Crippen MR) is 68.8 cm³/mol. The number of benzene rings is 1. The fraction of sp³-hybridized carbons (Fsp3) is 0.364. The Morgan fingerprint density at radius 1 is 1.41 bits per heavy atom. The van der Waals surface area contributed by atoms with Gasteiger partial charge in [0.1, 0.15) is 0 Å². The van der Waals surface area contributed by atoms with Crippen LogP contribution < -0.4 is 11.2 Å². The molecule has 0 radical (unpaired) electrons. The lowest BCUT2D eigenvalue weighted by Crippen LogP contribution is -2.29. The van der Waals surface area contributed by atoms with Crippen molar-refractivity contribution in [3.05, 3.63) is 18.2 Å². The minimum atomic E-state index is -1.47. The SMILES string of the molecule is CC(C)Cn1c(N)nc2ccc(B(O)O)cc21. The summed E-state index contributed by atoms with van der Waals surface area (Å²) in [6.45, 7) is 4.94. The van der Waals surface area contributed by atoms with E-state index in [1.54, 1.807) is 18.2 Å². The molecular formula is C11H16BN3O2. The second kappa shape index (κ2) is 4.39. The van der Waals surface area contributed by atoms with Crippen molar-refractivity contribution in [3.63, 3.8) is 0 Å². The molecule has 0 unspecified atom stereocenters. The summed E-state index contributed by atoms with van der Waals surface area (Å²) < 4.78 is 1.89. The van der Waals surface area contributed by atoms with Gasteiger partial charge in [-0.1, -0.05) is 19.9 Å². The molecule has 2 rings (SSSR count). The quantitative estimate of drug-likeness (QED) is 0.649. The summed E-state index contributed by atoms with van der Waals surface area (Å²) in [5.74, 6) is 0.899. The highest BCUT2D eigenvalue weighted by molar-refractivity contribution is 6.58. The van der Waals surface area contributed by atoms with Gasteiger partial charge in [0.05, 0.1) is 11.0 Å². The molecule has 90 valence electrons. The molecule has 0 saturated heterocycles. The van der Waals surface area contributed by atoms with E-state index >= 15 is 0 Å². The topological polar surface area (TPSA) is 84.3 Å². The van der Waals surface area contributed by atoms with Gasteiger partial charge in [0.2, 0.25) is 5.95 Å². The molecule has 0 fully saturated rings. The third-order valence-electron chi connectivity index (χ3n) is 2.65. The number of aromatic nitrogens is 2. The summed E-state index contributed by atoms with van der Waals surface area (Å²) in [4.78, 5) is 4.24. The monoisotopic (exact) mass is 233 g/mol. The molecule has 0 spiro atoms. The average Bonchev–Trinajstić information content (AvgIpc) is 2.54. The number of nitrogens with zero attached hydrogens (tertiary/aromatic N) is 2. The zero-order chi connectivity index (χ0) is 12.6. The van der Waals surface area contributed by atoms with Crippen LogP contribution in [-0.2, 0) is 6.54 Å². The normalized spacial score (nSPS) is 11.4. The molecule has 2 aromatic rings. The number of rotatable bonds is 3. The van der Waals surface area contributed by atoms with Crippen LogP contribution in [0, 0.1) is 5.92 Å². The van der Waals surface area contributed by atoms with E-state index in [1.807, 2.05) is 4.57 Å². The van der Waals surface area contributed by atoms with Crippen molar-refractivity contribution >= 4 is 29.6 Å². The van der Waals surface area contributed by atoms with Gasteiger partial charge in [-0.25, -0.2) is 4.98 Å². The first-order valence-corrected chi connectivity index (χ1v) is 5.61. The van der Waals surface area contributed by atoms with Crippen LogP contribution in [0.3, 0.4) is 0 Å². The van der Waals surface area contributed by atoms with Crippen molar-refractivity contribution in [1.29, 1.82) is 0 Å². The lowest BCUT2D eigenvalue weighted by Gasteiger charge is -2.09. The Hall–Kier alpha value is -1.53. The van der Waals surface area contributed by atoms with E-state index < -0.39 is 7.12 Å². The highest BCUT2D eigenvalue weighted by Gasteiger charge is 2.15. The molecule has 4 N–H and O–H groups in total. The number of imidazole rings is 1. The lowest BCUT2D eigenvalue weighted by molar-refractivity contribution is 0.426. The fourth-order valence-corrected chi connectivity index (χ4v) is 1.88. The molecular weight excluding hydrogens is 217 g/mol. The van der Waals surface area contributed by atoms with Gasteiger partial charge < -0.3 is 20.3 Å². The summed E-state index contributed by atoms with van der Waals surface area (Å²) in [5, 5.41) is 18.3. The molecule has 1 aromatic heterocycles. The standard InChI is InChI=1S/C11H16BN3O2/c1-7(2)6-15-10-5-8(12(16)17)3-4-9(10)14-11(15)13/h3-5,7,16-17H,6H2,1-2H3,(H2,13,14). The second-order valence-electron chi connectivity index (χ2n) is 4.60. The molecule has 17 heavy (non-hydrogen) atoms. The van der Waals surface area contributed by atoms with Crippen LogP contribution in [0.2, 0.25) is 0 Å². The number of hydrogen-bond donors (Lipinski definition) is 3. The molecule has 0 saturated carbocycles. The van der Waals surface area contributed by atoms with Gasteiger partial charge in [0, 0.05) is 6.54 Å². The fourth-order valence-electron chi connectivity index (χ4n) is 1.88. The van der Waals surface area contributed by atoms with Crippen molar-refractivity contribution in [2.24, 2.45) is 5.92 Å². The Morgan fingerprint density at radius 3 is 2.71 bits per heavy atom. The molecule has 0 aliphatic heterocycles. The predicted octanol–water partition coefficient (Wildman–Crippen LogP) is -0.0457. The third-order valence-corrected chi connectivity index (χ3v) is 2.65. The molecule has 1 heterocycles. The van der Waals surface area contributed by atoms with Gasteiger partial charge in [-0.05, 0) is 23.5 Å². The maximum atomic E-state index is 9.16. The summed E-state index contributed by atoms with van der Waals surface area (Å²) >= 11 is 0. The zero-order valence-electron chi connectivity index (χ0n) is 9.96. The van der Waals surface area contributed by atoms with E-state index in [4.69, 9.17) is 15.8 Å². The Balaban J connectivity index is 2.56. The van der Waals surface area contributed by atoms with Crippen LogP contribution >= 0.6 is 0 Å². The molecule has 6 heteroatoms. The lowest BCUT2D eigenvalue weighted by atomic mass is 9.80. The Labute approximate surface area is 100 Å². The van der Waals surface area contributed by atoms with Crippen LogP contribution in [0.5, 0.6) is 0 Å². The van der Waals surface area contributed by atoms with Crippen molar-refractivity contribution in [3.8, 4) is 0 Å². The Kier molecular flexibility index (Phi) is 3.08. The van der Waals surface area contributed by atoms with Crippen LogP contribution in [-0.4, -0.2) is 26.7 Å². The van der Waals surface area contributed by atoms with Gasteiger partial charge >= 0.3 is 7.12 Å². The van der Waals surface area contributed by atoms with E-state index in [2.05, 4.69) is 18.8 Å². The van der Waals surface area contributed by atoms with Gasteiger partial charge in [-0.2, -0.15) is 0 Å². The summed E-state index contributed by atoms with van der Waals surface area (Å²) in [6.07, 6.45) is 0. The molecule has 0 aliphatic rings. The molecule has 0 atom stereocenters. The van der Waals surface area contributed by atoms with Gasteiger partial charge in [-0.15, -0.1) is 0 Å². The summed E-state index contributed by atoms with van der Waals surface area (Å²) in [5.41, 5.74) is 7.91. The zero-order valence-corrected chi connectivity index (χ0v) is 9.96. The second-order valence-corrected chi connectivity index (χ2v) is 4.60. The Morgan fingerprint density at radius 2 is 2.12 bits per heavy atom. The van der Waals surface area contributed by atoms with Crippen LogP contribution in [0.1, 0.15) is 13.8 Å². The molecule has 0 amide bonds. The molecule has 1 aromatic carbocycles. The highest BCUT2D eigenvalue weighted by atomic mass is 16.4. The number of nitrogens with two attached hydrogens (primary N) is 1. The number of hydrogen-bond acceptors (Lipinski definition) is 4. The maximum Gasteiger partial charge on any atom is 0.488 e. The average molecular weight is 233 g/mol. The van der Waals surface area contributed by atoms with Gasteiger partial charge in [0.15, 0.2) is 0 Å². The first-order valence-electron chi connectivity index (χ1n) is 5.61. The minimum Gasteiger partial charge on any atom is -0.423 e. The largest absolute Gasteiger partial charge is 0.488 e. The minimum absolute atomic E-state index is 0.442. The summed E-state index contributed by atoms with van der Waals surface area (Å²) in [7, 11) is -1.47. The third kappa shape index (κ3) is 2.27. The van der Waals surface area contributed by atoms with Crippen molar-refractivity contribution < 1.29 is 10.0 Å². The molecule has 5 nitrogen and oxygen atoms in total. The van der Waals surface area contributed by atoms with Crippen molar-refractivity contribution in [2.45, 2.75) is 20.4 Å². The van der Waals surface area contributed by atoms with Crippen molar-refractivity contribution in [2.75, 3.05) is 5.73 Å². The van der Waals surface area contributed by atoms with Gasteiger partial charge in [-0.3, -0.25) is 0 Å². The number of fused-ring (bicyclic) bond motifs is 1. The first-order chi connectivity index (χ1) is 7.99. The molecule has 0 bridgehead atoms.